The Kier molecular flexibility index (Phi) is 4.84. The van der Waals surface area contributed by atoms with E-state index in [1.54, 1.807) is 0 Å². The molecule has 0 atom stereocenters. The van der Waals surface area contributed by atoms with Crippen LogP contribution in [0.2, 0.25) is 0 Å². The van der Waals surface area contributed by atoms with E-state index in [9.17, 15) is 9.90 Å². The highest BCUT2D eigenvalue weighted by atomic mass is 32.1. The molecule has 0 aliphatic heterocycles. The smallest absolute Gasteiger partial charge is 0.188 e. The zero-order valence-electron chi connectivity index (χ0n) is 15.7. The fourth-order valence-electron chi connectivity index (χ4n) is 3.22. The van der Waals surface area contributed by atoms with Crippen LogP contribution in [0.15, 0.2) is 60.7 Å². The van der Waals surface area contributed by atoms with Crippen molar-refractivity contribution in [2.24, 2.45) is 0 Å². The van der Waals surface area contributed by atoms with E-state index in [1.807, 2.05) is 49.4 Å². The van der Waals surface area contributed by atoms with E-state index in [4.69, 9.17) is 4.98 Å². The van der Waals surface area contributed by atoms with Gasteiger partial charge in [-0.2, -0.15) is 0 Å². The second-order valence-electron chi connectivity index (χ2n) is 6.79. The zero-order valence-corrected chi connectivity index (χ0v) is 16.5. The van der Waals surface area contributed by atoms with Gasteiger partial charge >= 0.3 is 0 Å². The van der Waals surface area contributed by atoms with Crippen molar-refractivity contribution in [2.45, 2.75) is 20.3 Å². The SMILES string of the molecule is Cc1ccc(-c2nc(Nc3cccc4ccccc34)sc2CC(=O)[O-])cc1C. The first-order chi connectivity index (χ1) is 13.5. The number of hydrogen-bond acceptors (Lipinski definition) is 5. The average Bonchev–Trinajstić information content (AvgIpc) is 3.06. The van der Waals surface area contributed by atoms with Gasteiger partial charge < -0.3 is 15.2 Å². The normalized spacial score (nSPS) is 10.9. The molecule has 0 saturated heterocycles. The van der Waals surface area contributed by atoms with Crippen LogP contribution in [0, 0.1) is 13.8 Å². The Morgan fingerprint density at radius 1 is 1.04 bits per heavy atom. The van der Waals surface area contributed by atoms with Crippen LogP contribution in [-0.4, -0.2) is 11.0 Å². The van der Waals surface area contributed by atoms with Gasteiger partial charge in [-0.1, -0.05) is 48.5 Å². The molecule has 1 N–H and O–H groups in total. The predicted molar refractivity (Wildman–Crippen MR) is 113 cm³/mol. The number of carboxylic acid groups (broad SMARTS) is 1. The number of aryl methyl sites for hydroxylation is 2. The Labute approximate surface area is 167 Å². The van der Waals surface area contributed by atoms with Crippen LogP contribution in [0.3, 0.4) is 0 Å². The van der Waals surface area contributed by atoms with Gasteiger partial charge in [0.1, 0.15) is 0 Å². The van der Waals surface area contributed by atoms with Gasteiger partial charge in [0.2, 0.25) is 0 Å². The summed E-state index contributed by atoms with van der Waals surface area (Å²) in [5.74, 6) is -1.11. The fraction of sp³-hybridized carbons (Fsp3) is 0.130. The van der Waals surface area contributed by atoms with Crippen molar-refractivity contribution in [2.75, 3.05) is 5.32 Å². The number of aliphatic carboxylic acids is 1. The summed E-state index contributed by atoms with van der Waals surface area (Å²) in [7, 11) is 0. The van der Waals surface area contributed by atoms with E-state index in [0.717, 1.165) is 27.6 Å². The largest absolute Gasteiger partial charge is 0.550 e. The van der Waals surface area contributed by atoms with Crippen molar-refractivity contribution in [3.63, 3.8) is 0 Å². The molecule has 0 fully saturated rings. The third-order valence-electron chi connectivity index (χ3n) is 4.81. The second-order valence-corrected chi connectivity index (χ2v) is 7.87. The number of carboxylic acids is 1. The number of carbonyl (C=O) groups is 1. The molecule has 3 aromatic carbocycles. The van der Waals surface area contributed by atoms with E-state index in [0.29, 0.717) is 15.7 Å². The monoisotopic (exact) mass is 387 g/mol. The summed E-state index contributed by atoms with van der Waals surface area (Å²) in [6, 6.07) is 20.2. The van der Waals surface area contributed by atoms with Gasteiger partial charge in [0.15, 0.2) is 5.13 Å². The first-order valence-corrected chi connectivity index (χ1v) is 9.85. The predicted octanol–water partition coefficient (Wildman–Crippen LogP) is 4.62. The standard InChI is InChI=1S/C23H20N2O2S/c1-14-10-11-17(12-15(14)2)22-20(13-21(26)27)28-23(25-22)24-19-9-5-7-16-6-3-4-8-18(16)19/h3-12H,13H2,1-2H3,(H,24,25)(H,26,27)/p-1. The van der Waals surface area contributed by atoms with Gasteiger partial charge in [0, 0.05) is 33.9 Å². The van der Waals surface area contributed by atoms with Gasteiger partial charge in [-0.3, -0.25) is 0 Å². The number of nitrogens with one attached hydrogen (secondary N) is 1. The number of carbonyl (C=O) groups excluding carboxylic acids is 1. The Bertz CT molecular complexity index is 1180. The molecule has 140 valence electrons. The third-order valence-corrected chi connectivity index (χ3v) is 5.78. The van der Waals surface area contributed by atoms with Crippen molar-refractivity contribution in [3.05, 3.63) is 76.7 Å². The molecule has 28 heavy (non-hydrogen) atoms. The van der Waals surface area contributed by atoms with E-state index >= 15 is 0 Å². The molecule has 4 nitrogen and oxygen atoms in total. The molecule has 0 amide bonds. The maximum Gasteiger partial charge on any atom is 0.188 e. The van der Waals surface area contributed by atoms with Crippen LogP contribution < -0.4 is 10.4 Å². The molecular weight excluding hydrogens is 368 g/mol. The topological polar surface area (TPSA) is 65.0 Å². The summed E-state index contributed by atoms with van der Waals surface area (Å²) >= 11 is 1.35. The number of aromatic nitrogens is 1. The molecule has 0 aliphatic rings. The highest BCUT2D eigenvalue weighted by Crippen LogP contribution is 2.35. The average molecular weight is 387 g/mol. The van der Waals surface area contributed by atoms with Crippen molar-refractivity contribution >= 4 is 38.9 Å². The maximum atomic E-state index is 11.3. The zero-order chi connectivity index (χ0) is 19.7. The molecule has 4 rings (SSSR count). The van der Waals surface area contributed by atoms with E-state index in [1.165, 1.54) is 16.9 Å². The van der Waals surface area contributed by atoms with Crippen molar-refractivity contribution in [1.29, 1.82) is 0 Å². The number of fused-ring (bicyclic) bond motifs is 1. The van der Waals surface area contributed by atoms with E-state index in [2.05, 4.69) is 30.4 Å². The number of thiazole rings is 1. The number of nitrogens with zero attached hydrogens (tertiary/aromatic N) is 1. The summed E-state index contributed by atoms with van der Waals surface area (Å²) in [5, 5.41) is 17.5. The first kappa shape index (κ1) is 18.2. The molecule has 0 aliphatic carbocycles. The maximum absolute atomic E-state index is 11.3. The molecular formula is C23H19N2O2S-. The van der Waals surface area contributed by atoms with Crippen molar-refractivity contribution < 1.29 is 9.90 Å². The van der Waals surface area contributed by atoms with E-state index in [-0.39, 0.29) is 6.42 Å². The molecule has 0 unspecified atom stereocenters. The lowest BCUT2D eigenvalue weighted by atomic mass is 10.0. The van der Waals surface area contributed by atoms with Crippen LogP contribution >= 0.6 is 11.3 Å². The second kappa shape index (κ2) is 7.44. The molecule has 0 radical (unpaired) electrons. The van der Waals surface area contributed by atoms with Crippen LogP contribution in [0.1, 0.15) is 16.0 Å². The van der Waals surface area contributed by atoms with Gasteiger partial charge in [-0.05, 0) is 42.5 Å². The van der Waals surface area contributed by atoms with Crippen LogP contribution in [-0.2, 0) is 11.2 Å². The Hall–Kier alpha value is -3.18. The number of anilines is 2. The summed E-state index contributed by atoms with van der Waals surface area (Å²) in [6.45, 7) is 4.09. The lowest BCUT2D eigenvalue weighted by Crippen LogP contribution is -2.24. The summed E-state index contributed by atoms with van der Waals surface area (Å²) in [5.41, 5.74) is 4.89. The fourth-order valence-corrected chi connectivity index (χ4v) is 4.20. The van der Waals surface area contributed by atoms with E-state index < -0.39 is 5.97 Å². The van der Waals surface area contributed by atoms with Crippen molar-refractivity contribution in [1.82, 2.24) is 4.98 Å². The van der Waals surface area contributed by atoms with Crippen molar-refractivity contribution in [3.8, 4) is 11.3 Å². The van der Waals surface area contributed by atoms with Gasteiger partial charge in [0.25, 0.3) is 0 Å². The summed E-state index contributed by atoms with van der Waals surface area (Å²) in [6.07, 6.45) is -0.156. The molecule has 0 bridgehead atoms. The Morgan fingerprint density at radius 2 is 1.82 bits per heavy atom. The Morgan fingerprint density at radius 3 is 2.61 bits per heavy atom. The molecule has 0 saturated carbocycles. The molecule has 0 spiro atoms. The third kappa shape index (κ3) is 3.62. The number of rotatable bonds is 5. The Balaban J connectivity index is 1.76. The summed E-state index contributed by atoms with van der Waals surface area (Å²) < 4.78 is 0. The number of hydrogen-bond donors (Lipinski definition) is 1. The van der Waals surface area contributed by atoms with Gasteiger partial charge in [0.05, 0.1) is 5.69 Å². The molecule has 5 heteroatoms. The minimum atomic E-state index is -1.11. The van der Waals surface area contributed by atoms with Crippen LogP contribution in [0.5, 0.6) is 0 Å². The molecule has 4 aromatic rings. The quantitative estimate of drug-likeness (QED) is 0.543. The number of benzene rings is 3. The molecule has 1 aromatic heterocycles. The minimum absolute atomic E-state index is 0.156. The minimum Gasteiger partial charge on any atom is -0.550 e. The lowest BCUT2D eigenvalue weighted by Gasteiger charge is -2.07. The van der Waals surface area contributed by atoms with Gasteiger partial charge in [-0.15, -0.1) is 11.3 Å². The first-order valence-electron chi connectivity index (χ1n) is 9.03. The lowest BCUT2D eigenvalue weighted by molar-refractivity contribution is -0.304. The summed E-state index contributed by atoms with van der Waals surface area (Å²) in [4.78, 5) is 16.7. The highest BCUT2D eigenvalue weighted by molar-refractivity contribution is 7.16. The van der Waals surface area contributed by atoms with Gasteiger partial charge in [-0.25, -0.2) is 4.98 Å². The van der Waals surface area contributed by atoms with Crippen LogP contribution in [0.4, 0.5) is 10.8 Å². The van der Waals surface area contributed by atoms with Crippen LogP contribution in [0.25, 0.3) is 22.0 Å². The molecule has 1 heterocycles. The highest BCUT2D eigenvalue weighted by Gasteiger charge is 2.15.